The summed E-state index contributed by atoms with van der Waals surface area (Å²) in [5.41, 5.74) is 3.52. The second-order valence-corrected chi connectivity index (χ2v) is 5.66. The molecule has 3 aromatic carbocycles. The largest absolute Gasteiger partial charge is 0.494 e. The van der Waals surface area contributed by atoms with Crippen LogP contribution in [0.5, 0.6) is 11.5 Å². The molecule has 0 amide bonds. The van der Waals surface area contributed by atoms with Gasteiger partial charge in [0.25, 0.3) is 0 Å². The van der Waals surface area contributed by atoms with Crippen molar-refractivity contribution in [1.29, 1.82) is 0 Å². The maximum absolute atomic E-state index is 5.57. The lowest BCUT2D eigenvalue weighted by molar-refractivity contribution is 0.340. The molecule has 3 rings (SSSR count). The second-order valence-electron chi connectivity index (χ2n) is 5.66. The Bertz CT molecular complexity index is 712. The van der Waals surface area contributed by atoms with Gasteiger partial charge >= 0.3 is 0 Å². The van der Waals surface area contributed by atoms with Gasteiger partial charge in [-0.3, -0.25) is 0 Å². The fourth-order valence-electron chi connectivity index (χ4n) is 2.87. The summed E-state index contributed by atoms with van der Waals surface area (Å²) in [6.07, 6.45) is 0. The van der Waals surface area contributed by atoms with Gasteiger partial charge in [-0.05, 0) is 54.8 Å². The molecular weight excluding hydrogens is 308 g/mol. The molecule has 2 nitrogen and oxygen atoms in total. The lowest BCUT2D eigenvalue weighted by atomic mass is 9.85. The third-order valence-electron chi connectivity index (χ3n) is 3.97. The van der Waals surface area contributed by atoms with Gasteiger partial charge in [0.1, 0.15) is 11.5 Å². The Morgan fingerprint density at radius 1 is 0.560 bits per heavy atom. The van der Waals surface area contributed by atoms with Crippen molar-refractivity contribution < 1.29 is 9.47 Å². The molecule has 3 aromatic rings. The standard InChI is InChI=1S/C23H23O2/c1-3-24-21-14-10-19(11-15-21)23(18-8-6-5-7-9-18)20-12-16-22(17-13-20)25-4-2/h5-17H,3-4H2,1-2H3. The highest BCUT2D eigenvalue weighted by molar-refractivity contribution is 5.58. The van der Waals surface area contributed by atoms with Gasteiger partial charge in [-0.2, -0.15) is 0 Å². The predicted molar refractivity (Wildman–Crippen MR) is 102 cm³/mol. The Labute approximate surface area is 150 Å². The summed E-state index contributed by atoms with van der Waals surface area (Å²) in [4.78, 5) is 0. The van der Waals surface area contributed by atoms with Crippen molar-refractivity contribution in [2.24, 2.45) is 0 Å². The van der Waals surface area contributed by atoms with Crippen LogP contribution in [0.1, 0.15) is 30.5 Å². The van der Waals surface area contributed by atoms with Crippen LogP contribution in [0.3, 0.4) is 0 Å². The van der Waals surface area contributed by atoms with E-state index in [0.717, 1.165) is 11.5 Å². The second kappa shape index (κ2) is 8.39. The Kier molecular flexibility index (Phi) is 5.73. The lowest BCUT2D eigenvalue weighted by Crippen LogP contribution is -2.05. The molecule has 0 spiro atoms. The highest BCUT2D eigenvalue weighted by Crippen LogP contribution is 2.32. The first-order valence-corrected chi connectivity index (χ1v) is 8.70. The van der Waals surface area contributed by atoms with Crippen LogP contribution in [0.4, 0.5) is 0 Å². The Balaban J connectivity index is 1.98. The first-order chi connectivity index (χ1) is 12.3. The van der Waals surface area contributed by atoms with Crippen LogP contribution in [-0.4, -0.2) is 13.2 Å². The van der Waals surface area contributed by atoms with Gasteiger partial charge < -0.3 is 9.47 Å². The Morgan fingerprint density at radius 2 is 0.960 bits per heavy atom. The third kappa shape index (κ3) is 4.21. The molecule has 127 valence electrons. The van der Waals surface area contributed by atoms with Gasteiger partial charge in [-0.15, -0.1) is 0 Å². The normalized spacial score (nSPS) is 10.7. The van der Waals surface area contributed by atoms with Crippen molar-refractivity contribution in [3.05, 3.63) is 101 Å². The monoisotopic (exact) mass is 331 g/mol. The van der Waals surface area contributed by atoms with E-state index in [9.17, 15) is 0 Å². The van der Waals surface area contributed by atoms with E-state index in [4.69, 9.17) is 9.47 Å². The number of ether oxygens (including phenoxy) is 2. The fraction of sp³-hybridized carbons (Fsp3) is 0.174. The number of hydrogen-bond acceptors (Lipinski definition) is 2. The molecule has 0 bridgehead atoms. The topological polar surface area (TPSA) is 18.5 Å². The molecule has 0 N–H and O–H groups in total. The molecule has 0 saturated carbocycles. The average Bonchev–Trinajstić information content (AvgIpc) is 2.66. The number of benzene rings is 3. The van der Waals surface area contributed by atoms with Crippen LogP contribution in [0.15, 0.2) is 78.9 Å². The molecule has 0 aliphatic carbocycles. The summed E-state index contributed by atoms with van der Waals surface area (Å²) in [5, 5.41) is 0. The average molecular weight is 331 g/mol. The lowest BCUT2D eigenvalue weighted by Gasteiger charge is -2.19. The van der Waals surface area contributed by atoms with Crippen LogP contribution in [0.25, 0.3) is 0 Å². The van der Waals surface area contributed by atoms with Gasteiger partial charge in [0.2, 0.25) is 0 Å². The van der Waals surface area contributed by atoms with Crippen molar-refractivity contribution in [3.8, 4) is 11.5 Å². The number of rotatable bonds is 7. The van der Waals surface area contributed by atoms with Crippen LogP contribution < -0.4 is 9.47 Å². The van der Waals surface area contributed by atoms with E-state index in [1.165, 1.54) is 22.6 Å². The van der Waals surface area contributed by atoms with Crippen LogP contribution in [0.2, 0.25) is 0 Å². The smallest absolute Gasteiger partial charge is 0.119 e. The van der Waals surface area contributed by atoms with Gasteiger partial charge in [0, 0.05) is 0 Å². The van der Waals surface area contributed by atoms with E-state index < -0.39 is 0 Å². The number of hydrogen-bond donors (Lipinski definition) is 0. The molecule has 0 atom stereocenters. The summed E-state index contributed by atoms with van der Waals surface area (Å²) < 4.78 is 11.1. The van der Waals surface area contributed by atoms with Crippen molar-refractivity contribution in [1.82, 2.24) is 0 Å². The van der Waals surface area contributed by atoms with E-state index in [1.54, 1.807) is 0 Å². The molecule has 25 heavy (non-hydrogen) atoms. The SMILES string of the molecule is CCOc1ccc([C](c2ccccc2)c2ccc(OCC)cc2)cc1. The minimum absolute atomic E-state index is 0.674. The molecule has 2 heteroatoms. The third-order valence-corrected chi connectivity index (χ3v) is 3.97. The molecule has 0 aliphatic rings. The molecule has 0 heterocycles. The molecular formula is C23H23O2. The molecule has 0 unspecified atom stereocenters. The van der Waals surface area contributed by atoms with Crippen LogP contribution >= 0.6 is 0 Å². The molecule has 0 aromatic heterocycles. The van der Waals surface area contributed by atoms with Gasteiger partial charge in [-0.25, -0.2) is 0 Å². The summed E-state index contributed by atoms with van der Waals surface area (Å²) >= 11 is 0. The van der Waals surface area contributed by atoms with Gasteiger partial charge in [0.05, 0.1) is 19.1 Å². The maximum atomic E-state index is 5.57. The quantitative estimate of drug-likeness (QED) is 0.532. The summed E-state index contributed by atoms with van der Waals surface area (Å²) in [6, 6.07) is 27.0. The van der Waals surface area contributed by atoms with Crippen LogP contribution in [0, 0.1) is 5.92 Å². The van der Waals surface area contributed by atoms with Crippen molar-refractivity contribution >= 4 is 0 Å². The molecule has 0 aliphatic heterocycles. The maximum Gasteiger partial charge on any atom is 0.119 e. The predicted octanol–water partition coefficient (Wildman–Crippen LogP) is 5.50. The van der Waals surface area contributed by atoms with Crippen molar-refractivity contribution in [3.63, 3.8) is 0 Å². The minimum Gasteiger partial charge on any atom is -0.494 e. The minimum atomic E-state index is 0.674. The van der Waals surface area contributed by atoms with E-state index in [-0.39, 0.29) is 0 Å². The van der Waals surface area contributed by atoms with E-state index in [1.807, 2.05) is 44.2 Å². The zero-order valence-electron chi connectivity index (χ0n) is 14.7. The van der Waals surface area contributed by atoms with E-state index >= 15 is 0 Å². The summed E-state index contributed by atoms with van der Waals surface area (Å²) in [7, 11) is 0. The first kappa shape index (κ1) is 17.1. The van der Waals surface area contributed by atoms with Crippen molar-refractivity contribution in [2.45, 2.75) is 13.8 Å². The first-order valence-electron chi connectivity index (χ1n) is 8.70. The zero-order chi connectivity index (χ0) is 17.5. The molecule has 1 radical (unpaired) electrons. The highest BCUT2D eigenvalue weighted by atomic mass is 16.5. The van der Waals surface area contributed by atoms with Gasteiger partial charge in [-0.1, -0.05) is 54.6 Å². The molecule has 0 saturated heterocycles. The van der Waals surface area contributed by atoms with E-state index in [0.29, 0.717) is 13.2 Å². The van der Waals surface area contributed by atoms with Crippen molar-refractivity contribution in [2.75, 3.05) is 13.2 Å². The fourth-order valence-corrected chi connectivity index (χ4v) is 2.87. The van der Waals surface area contributed by atoms with Crippen LogP contribution in [-0.2, 0) is 0 Å². The van der Waals surface area contributed by atoms with E-state index in [2.05, 4.69) is 48.5 Å². The summed E-state index contributed by atoms with van der Waals surface area (Å²) in [5.74, 6) is 2.99. The summed E-state index contributed by atoms with van der Waals surface area (Å²) in [6.45, 7) is 5.34. The Morgan fingerprint density at radius 3 is 1.36 bits per heavy atom. The Hall–Kier alpha value is -2.74. The highest BCUT2D eigenvalue weighted by Gasteiger charge is 2.17. The van der Waals surface area contributed by atoms with Gasteiger partial charge in [0.15, 0.2) is 0 Å². The zero-order valence-corrected chi connectivity index (χ0v) is 14.7. The molecule has 0 fully saturated rings.